The quantitative estimate of drug-likeness (QED) is 0.188. The molecule has 1 aromatic heterocycles. The third-order valence-corrected chi connectivity index (χ3v) is 8.42. The molecule has 8 aromatic carbocycles. The maximum Gasteiger partial charge on any atom is 0.136 e. The molecule has 1 heterocycles. The Bertz CT molecular complexity index is 2930. The molecule has 0 saturated carbocycles. The number of benzene rings is 8. The van der Waals surface area contributed by atoms with Gasteiger partial charge in [0, 0.05) is 10.8 Å². The van der Waals surface area contributed by atoms with Crippen LogP contribution in [0.2, 0.25) is 0 Å². The van der Waals surface area contributed by atoms with Gasteiger partial charge in [-0.2, -0.15) is 0 Å². The Balaban J connectivity index is 1.26. The van der Waals surface area contributed by atoms with Crippen molar-refractivity contribution in [2.75, 3.05) is 0 Å². The maximum absolute atomic E-state index is 9.24. The van der Waals surface area contributed by atoms with E-state index in [9.17, 15) is 2.74 Å². The Morgan fingerprint density at radius 2 is 0.889 bits per heavy atom. The topological polar surface area (TPSA) is 13.1 Å². The van der Waals surface area contributed by atoms with Crippen molar-refractivity contribution in [1.29, 1.82) is 0 Å². The van der Waals surface area contributed by atoms with Crippen molar-refractivity contribution in [3.63, 3.8) is 0 Å². The largest absolute Gasteiger partial charge is 0.456 e. The fraction of sp³-hybridized carbons (Fsp3) is 0. The Kier molecular flexibility index (Phi) is 4.15. The van der Waals surface area contributed by atoms with Gasteiger partial charge in [-0.1, -0.05) is 145 Å². The van der Waals surface area contributed by atoms with Crippen LogP contribution in [0.3, 0.4) is 0 Å². The van der Waals surface area contributed by atoms with Crippen molar-refractivity contribution >= 4 is 43.5 Å². The van der Waals surface area contributed by atoms with Gasteiger partial charge in [0.2, 0.25) is 0 Å². The summed E-state index contributed by atoms with van der Waals surface area (Å²) in [5.41, 5.74) is 5.36. The van der Waals surface area contributed by atoms with E-state index >= 15 is 0 Å². The Hall–Kier alpha value is -5.92. The van der Waals surface area contributed by atoms with E-state index < -0.39 is 6.04 Å². The third-order valence-electron chi connectivity index (χ3n) is 8.42. The molecule has 1 heteroatoms. The molecule has 0 amide bonds. The van der Waals surface area contributed by atoms with Gasteiger partial charge in [-0.3, -0.25) is 0 Å². The van der Waals surface area contributed by atoms with Crippen LogP contribution in [0.4, 0.5) is 0 Å². The van der Waals surface area contributed by atoms with E-state index in [0.717, 1.165) is 43.4 Å². The molecule has 0 spiro atoms. The Morgan fingerprint density at radius 3 is 1.56 bits per heavy atom. The first-order chi connectivity index (χ1) is 26.1. The van der Waals surface area contributed by atoms with E-state index in [2.05, 4.69) is 0 Å². The molecule has 0 fully saturated rings. The number of rotatable bonds is 4. The highest BCUT2D eigenvalue weighted by Gasteiger charge is 2.18. The van der Waals surface area contributed by atoms with Crippen LogP contribution in [-0.2, 0) is 0 Å². The molecule has 1 nitrogen and oxygen atoms in total. The second kappa shape index (κ2) is 10.4. The molecule has 9 aromatic rings. The first-order valence-electron chi connectivity index (χ1n) is 19.2. The molecule has 210 valence electrons. The average Bonchev–Trinajstić information content (AvgIpc) is 3.56. The van der Waals surface area contributed by atoms with Crippen molar-refractivity contribution in [3.8, 4) is 44.5 Å². The van der Waals surface area contributed by atoms with E-state index in [4.69, 9.17) is 14.0 Å². The van der Waals surface area contributed by atoms with Gasteiger partial charge in [0.15, 0.2) is 0 Å². The van der Waals surface area contributed by atoms with Crippen LogP contribution in [0, 0.1) is 0 Å². The summed E-state index contributed by atoms with van der Waals surface area (Å²) < 4.78 is 84.2. The van der Waals surface area contributed by atoms with E-state index in [1.807, 2.05) is 84.9 Å². The first kappa shape index (κ1) is 18.0. The molecule has 0 radical (unpaired) electrons. The number of furan rings is 1. The molecule has 0 aliphatic carbocycles. The molecule has 0 atom stereocenters. The molecular formula is C44H28O. The second-order valence-corrected chi connectivity index (χ2v) is 11.0. The van der Waals surface area contributed by atoms with E-state index in [1.54, 1.807) is 30.3 Å². The zero-order chi connectivity index (χ0) is 37.6. The minimum Gasteiger partial charge on any atom is -0.456 e. The average molecular weight is 582 g/mol. The summed E-state index contributed by atoms with van der Waals surface area (Å²) in [6.45, 7) is 0. The first-order valence-corrected chi connectivity index (χ1v) is 14.7. The summed E-state index contributed by atoms with van der Waals surface area (Å²) in [4.78, 5) is 0. The summed E-state index contributed by atoms with van der Waals surface area (Å²) in [6.07, 6.45) is 0. The van der Waals surface area contributed by atoms with Crippen LogP contribution in [0.1, 0.15) is 12.3 Å². The minimum absolute atomic E-state index is 0.0977. The lowest BCUT2D eigenvalue weighted by atomic mass is 9.85. The van der Waals surface area contributed by atoms with Crippen LogP contribution in [-0.4, -0.2) is 0 Å². The fourth-order valence-corrected chi connectivity index (χ4v) is 6.38. The number of hydrogen-bond acceptors (Lipinski definition) is 1. The molecule has 0 unspecified atom stereocenters. The van der Waals surface area contributed by atoms with E-state index in [1.165, 1.54) is 0 Å². The highest BCUT2D eigenvalue weighted by Crippen LogP contribution is 2.45. The molecule has 0 saturated heterocycles. The number of fused-ring (bicyclic) bond motifs is 5. The predicted molar refractivity (Wildman–Crippen MR) is 190 cm³/mol. The standard InChI is InChI=1S/C44H28O/c1-3-11-29(12-4-1)31-19-21-32(22-20-31)43-36-15-7-9-17-38(36)44(39-18-10-8-16-37(39)43)34-23-25-35-40-27-33(30-13-5-2-6-14-30)24-26-41(40)45-42(35)28-34/h1-28H/i2D,5D,6D,13D,14D,19D,20D,21D,22D. The van der Waals surface area contributed by atoms with Gasteiger partial charge in [0.1, 0.15) is 11.2 Å². The molecule has 0 bridgehead atoms. The maximum atomic E-state index is 9.24. The molecule has 0 N–H and O–H groups in total. The molecule has 9 rings (SSSR count). The van der Waals surface area contributed by atoms with E-state index in [0.29, 0.717) is 27.9 Å². The van der Waals surface area contributed by atoms with Gasteiger partial charge in [-0.25, -0.2) is 0 Å². The third kappa shape index (κ3) is 4.24. The molecular weight excluding hydrogens is 544 g/mol. The lowest BCUT2D eigenvalue weighted by Gasteiger charge is -2.18. The van der Waals surface area contributed by atoms with Crippen LogP contribution >= 0.6 is 0 Å². The van der Waals surface area contributed by atoms with Gasteiger partial charge in [0.05, 0.1) is 12.3 Å². The number of hydrogen-bond donors (Lipinski definition) is 0. The SMILES string of the molecule is [2H]c1c([2H])c([2H])c(-c2ccc3oc4cc(-c5c6ccccc6c(-c6c([2H])c([2H])c(-c7ccccc7)c([2H])c6[2H])c6ccccc56)ccc4c3c2)c([2H])c1[2H]. The minimum atomic E-state index is -0.437. The van der Waals surface area contributed by atoms with Crippen LogP contribution in [0.25, 0.3) is 88.0 Å². The lowest BCUT2D eigenvalue weighted by Crippen LogP contribution is -1.91. The van der Waals surface area contributed by atoms with Crippen LogP contribution in [0.5, 0.6) is 0 Å². The van der Waals surface area contributed by atoms with Crippen LogP contribution in [0.15, 0.2) is 174 Å². The van der Waals surface area contributed by atoms with Gasteiger partial charge in [-0.15, -0.1) is 0 Å². The van der Waals surface area contributed by atoms with E-state index in [-0.39, 0.29) is 65.0 Å². The molecule has 0 aliphatic rings. The zero-order valence-corrected chi connectivity index (χ0v) is 23.9. The molecule has 0 aliphatic heterocycles. The molecule has 45 heavy (non-hydrogen) atoms. The summed E-state index contributed by atoms with van der Waals surface area (Å²) in [5.74, 6) is 0. The summed E-state index contributed by atoms with van der Waals surface area (Å²) in [6, 6.07) is 33.8. The predicted octanol–water partition coefficient (Wildman–Crippen LogP) is 12.6. The van der Waals surface area contributed by atoms with Gasteiger partial charge in [0.25, 0.3) is 0 Å². The Morgan fingerprint density at radius 1 is 0.333 bits per heavy atom. The van der Waals surface area contributed by atoms with Crippen molar-refractivity contribution in [1.82, 2.24) is 0 Å². The normalized spacial score (nSPS) is 14.4. The zero-order valence-electron chi connectivity index (χ0n) is 32.9. The monoisotopic (exact) mass is 581 g/mol. The Labute approximate surface area is 274 Å². The van der Waals surface area contributed by atoms with Crippen molar-refractivity contribution in [2.45, 2.75) is 0 Å². The lowest BCUT2D eigenvalue weighted by molar-refractivity contribution is 0.669. The van der Waals surface area contributed by atoms with Crippen molar-refractivity contribution < 1.29 is 16.8 Å². The van der Waals surface area contributed by atoms with Crippen LogP contribution < -0.4 is 0 Å². The van der Waals surface area contributed by atoms with Crippen molar-refractivity contribution in [2.24, 2.45) is 0 Å². The highest BCUT2D eigenvalue weighted by molar-refractivity contribution is 6.22. The fourth-order valence-electron chi connectivity index (χ4n) is 6.38. The summed E-state index contributed by atoms with van der Waals surface area (Å²) >= 11 is 0. The highest BCUT2D eigenvalue weighted by atomic mass is 16.3. The van der Waals surface area contributed by atoms with Gasteiger partial charge >= 0.3 is 0 Å². The summed E-state index contributed by atoms with van der Waals surface area (Å²) in [5, 5.41) is 4.85. The van der Waals surface area contributed by atoms with Crippen molar-refractivity contribution in [3.05, 3.63) is 170 Å². The van der Waals surface area contributed by atoms with Gasteiger partial charge in [-0.05, 0) is 90.3 Å². The summed E-state index contributed by atoms with van der Waals surface area (Å²) in [7, 11) is 0. The smallest absolute Gasteiger partial charge is 0.136 e. The van der Waals surface area contributed by atoms with Gasteiger partial charge < -0.3 is 4.42 Å². The second-order valence-electron chi connectivity index (χ2n) is 11.0.